The molecule has 1 atom stereocenters. The van der Waals surface area contributed by atoms with Gasteiger partial charge in [0.2, 0.25) is 5.91 Å². The lowest BCUT2D eigenvalue weighted by Crippen LogP contribution is -2.45. The molecule has 1 aromatic carbocycles. The van der Waals surface area contributed by atoms with E-state index in [0.717, 1.165) is 19.5 Å². The van der Waals surface area contributed by atoms with Crippen molar-refractivity contribution in [3.63, 3.8) is 0 Å². The molecule has 5 nitrogen and oxygen atoms in total. The molecule has 1 aromatic rings. The number of carbonyl (C=O) groups excluding carboxylic acids is 1. The van der Waals surface area contributed by atoms with Crippen molar-refractivity contribution < 1.29 is 13.2 Å². The molecule has 0 radical (unpaired) electrons. The molecule has 0 N–H and O–H groups in total. The van der Waals surface area contributed by atoms with E-state index >= 15 is 0 Å². The minimum Gasteiger partial charge on any atom is -0.341 e. The Bertz CT molecular complexity index is 672. The minimum atomic E-state index is -2.95. The SMILES string of the molecule is CN(C(=O)CN1CCc2ccccc2C1)[C@H]1CCS(=O)(=O)C1. The normalized spacial score (nSPS) is 24.0. The Morgan fingerprint density at radius 3 is 2.73 bits per heavy atom. The number of hydrogen-bond acceptors (Lipinski definition) is 4. The van der Waals surface area contributed by atoms with Gasteiger partial charge in [-0.1, -0.05) is 24.3 Å². The van der Waals surface area contributed by atoms with Gasteiger partial charge in [-0.3, -0.25) is 9.69 Å². The first-order chi connectivity index (χ1) is 10.4. The van der Waals surface area contributed by atoms with Crippen LogP contribution in [0.15, 0.2) is 24.3 Å². The Labute approximate surface area is 131 Å². The van der Waals surface area contributed by atoms with Gasteiger partial charge in [0, 0.05) is 26.2 Å². The highest BCUT2D eigenvalue weighted by Crippen LogP contribution is 2.20. The number of sulfone groups is 1. The number of amides is 1. The lowest BCUT2D eigenvalue weighted by atomic mass is 10.00. The largest absolute Gasteiger partial charge is 0.341 e. The van der Waals surface area contributed by atoms with Gasteiger partial charge in [0.1, 0.15) is 0 Å². The number of nitrogens with zero attached hydrogens (tertiary/aromatic N) is 2. The predicted molar refractivity (Wildman–Crippen MR) is 85.3 cm³/mol. The first-order valence-corrected chi connectivity index (χ1v) is 9.52. The lowest BCUT2D eigenvalue weighted by Gasteiger charge is -2.31. The van der Waals surface area contributed by atoms with Crippen LogP contribution in [0.5, 0.6) is 0 Å². The maximum atomic E-state index is 12.4. The van der Waals surface area contributed by atoms with Gasteiger partial charge in [-0.05, 0) is 24.0 Å². The van der Waals surface area contributed by atoms with Crippen LogP contribution in [0.1, 0.15) is 17.5 Å². The quantitative estimate of drug-likeness (QED) is 0.822. The van der Waals surface area contributed by atoms with E-state index in [1.54, 1.807) is 11.9 Å². The Morgan fingerprint density at radius 2 is 2.05 bits per heavy atom. The molecule has 1 saturated heterocycles. The van der Waals surface area contributed by atoms with E-state index in [-0.39, 0.29) is 23.5 Å². The van der Waals surface area contributed by atoms with E-state index in [9.17, 15) is 13.2 Å². The zero-order valence-electron chi connectivity index (χ0n) is 12.9. The second-order valence-electron chi connectivity index (χ2n) is 6.29. The molecule has 0 spiro atoms. The van der Waals surface area contributed by atoms with Crippen LogP contribution in [-0.2, 0) is 27.6 Å². The number of benzene rings is 1. The molecule has 0 bridgehead atoms. The summed E-state index contributed by atoms with van der Waals surface area (Å²) >= 11 is 0. The Kier molecular flexibility index (Phi) is 4.23. The molecule has 1 amide bonds. The maximum absolute atomic E-state index is 12.4. The van der Waals surface area contributed by atoms with E-state index < -0.39 is 9.84 Å². The standard InChI is InChI=1S/C16H22N2O3S/c1-17(15-7-9-22(20,21)12-15)16(19)11-18-8-6-13-4-2-3-5-14(13)10-18/h2-5,15H,6-12H2,1H3/t15-/m0/s1. The van der Waals surface area contributed by atoms with E-state index in [1.807, 2.05) is 12.1 Å². The molecule has 1 fully saturated rings. The average Bonchev–Trinajstić information content (AvgIpc) is 2.86. The third-order valence-electron chi connectivity index (χ3n) is 4.72. The molecule has 22 heavy (non-hydrogen) atoms. The molecule has 120 valence electrons. The first kappa shape index (κ1) is 15.5. The Hall–Kier alpha value is -1.40. The van der Waals surface area contributed by atoms with Crippen LogP contribution >= 0.6 is 0 Å². The minimum absolute atomic E-state index is 0.0153. The van der Waals surface area contributed by atoms with Crippen molar-refractivity contribution in [3.8, 4) is 0 Å². The van der Waals surface area contributed by atoms with Gasteiger partial charge in [0.15, 0.2) is 9.84 Å². The van der Waals surface area contributed by atoms with Crippen LogP contribution in [0, 0.1) is 0 Å². The number of likely N-dealkylation sites (N-methyl/N-ethyl adjacent to an activating group) is 1. The second-order valence-corrected chi connectivity index (χ2v) is 8.52. The van der Waals surface area contributed by atoms with Crippen LogP contribution in [0.25, 0.3) is 0 Å². The molecule has 6 heteroatoms. The number of fused-ring (bicyclic) bond motifs is 1. The highest BCUT2D eigenvalue weighted by molar-refractivity contribution is 7.91. The van der Waals surface area contributed by atoms with Crippen molar-refractivity contribution in [2.24, 2.45) is 0 Å². The summed E-state index contributed by atoms with van der Waals surface area (Å²) in [4.78, 5) is 16.2. The Morgan fingerprint density at radius 1 is 1.32 bits per heavy atom. The van der Waals surface area contributed by atoms with Crippen molar-refractivity contribution in [1.29, 1.82) is 0 Å². The van der Waals surface area contributed by atoms with Crippen molar-refractivity contribution in [1.82, 2.24) is 9.80 Å². The summed E-state index contributed by atoms with van der Waals surface area (Å²) in [6, 6.07) is 8.17. The van der Waals surface area contributed by atoms with E-state index in [4.69, 9.17) is 0 Å². The smallest absolute Gasteiger partial charge is 0.236 e. The van der Waals surface area contributed by atoms with Crippen molar-refractivity contribution in [2.45, 2.75) is 25.4 Å². The van der Waals surface area contributed by atoms with Crippen LogP contribution in [0.3, 0.4) is 0 Å². The maximum Gasteiger partial charge on any atom is 0.236 e. The fourth-order valence-electron chi connectivity index (χ4n) is 3.28. The number of carbonyl (C=O) groups is 1. The number of hydrogen-bond donors (Lipinski definition) is 0. The molecular weight excluding hydrogens is 300 g/mol. The molecule has 2 aliphatic rings. The third-order valence-corrected chi connectivity index (χ3v) is 6.47. The summed E-state index contributed by atoms with van der Waals surface area (Å²) in [7, 11) is -1.23. The predicted octanol–water partition coefficient (Wildman–Crippen LogP) is 0.690. The van der Waals surface area contributed by atoms with Gasteiger partial charge in [-0.25, -0.2) is 8.42 Å². The topological polar surface area (TPSA) is 57.7 Å². The fraction of sp³-hybridized carbons (Fsp3) is 0.562. The highest BCUT2D eigenvalue weighted by atomic mass is 32.2. The van der Waals surface area contributed by atoms with Crippen LogP contribution in [-0.4, -0.2) is 61.8 Å². The van der Waals surface area contributed by atoms with E-state index in [1.165, 1.54) is 11.1 Å². The summed E-state index contributed by atoms with van der Waals surface area (Å²) < 4.78 is 23.1. The van der Waals surface area contributed by atoms with Crippen molar-refractivity contribution in [2.75, 3.05) is 31.6 Å². The monoisotopic (exact) mass is 322 g/mol. The average molecular weight is 322 g/mol. The molecule has 2 aliphatic heterocycles. The number of rotatable bonds is 3. The van der Waals surface area contributed by atoms with Crippen LogP contribution in [0.2, 0.25) is 0 Å². The molecule has 3 rings (SSSR count). The summed E-state index contributed by atoms with van der Waals surface area (Å²) in [5.41, 5.74) is 2.65. The zero-order valence-corrected chi connectivity index (χ0v) is 13.7. The molecule has 0 aromatic heterocycles. The van der Waals surface area contributed by atoms with Crippen molar-refractivity contribution >= 4 is 15.7 Å². The van der Waals surface area contributed by atoms with Gasteiger partial charge in [-0.15, -0.1) is 0 Å². The summed E-state index contributed by atoms with van der Waals surface area (Å²) in [6.45, 7) is 2.03. The van der Waals surface area contributed by atoms with Gasteiger partial charge >= 0.3 is 0 Å². The zero-order chi connectivity index (χ0) is 15.7. The molecule has 0 unspecified atom stereocenters. The van der Waals surface area contributed by atoms with Gasteiger partial charge in [-0.2, -0.15) is 0 Å². The van der Waals surface area contributed by atoms with Crippen LogP contribution in [0.4, 0.5) is 0 Å². The van der Waals surface area contributed by atoms with Gasteiger partial charge in [0.25, 0.3) is 0 Å². The van der Waals surface area contributed by atoms with E-state index in [2.05, 4.69) is 17.0 Å². The first-order valence-electron chi connectivity index (χ1n) is 7.70. The van der Waals surface area contributed by atoms with Crippen LogP contribution < -0.4 is 0 Å². The fourth-order valence-corrected chi connectivity index (χ4v) is 5.05. The van der Waals surface area contributed by atoms with E-state index in [0.29, 0.717) is 13.0 Å². The Balaban J connectivity index is 1.59. The summed E-state index contributed by atoms with van der Waals surface area (Å²) in [6.07, 6.45) is 1.53. The molecular formula is C16H22N2O3S. The highest BCUT2D eigenvalue weighted by Gasteiger charge is 2.33. The third kappa shape index (κ3) is 3.33. The van der Waals surface area contributed by atoms with Gasteiger partial charge in [0.05, 0.1) is 18.1 Å². The van der Waals surface area contributed by atoms with Crippen molar-refractivity contribution in [3.05, 3.63) is 35.4 Å². The molecule has 0 saturated carbocycles. The molecule has 2 heterocycles. The summed E-state index contributed by atoms with van der Waals surface area (Å²) in [5.74, 6) is 0.325. The van der Waals surface area contributed by atoms with Gasteiger partial charge < -0.3 is 4.90 Å². The lowest BCUT2D eigenvalue weighted by molar-refractivity contribution is -0.133. The summed E-state index contributed by atoms with van der Waals surface area (Å²) in [5, 5.41) is 0. The second kappa shape index (κ2) is 6.01. The molecule has 0 aliphatic carbocycles.